The lowest BCUT2D eigenvalue weighted by Gasteiger charge is -2.33. The quantitative estimate of drug-likeness (QED) is 0.582. The van der Waals surface area contributed by atoms with Crippen molar-refractivity contribution in [3.8, 4) is 0 Å². The van der Waals surface area contributed by atoms with Crippen molar-refractivity contribution in [1.29, 1.82) is 0 Å². The van der Waals surface area contributed by atoms with Gasteiger partial charge in [-0.3, -0.25) is 4.90 Å². The maximum absolute atomic E-state index is 5.02. The highest BCUT2D eigenvalue weighted by Gasteiger charge is 2.20. The molecule has 1 aliphatic rings. The standard InChI is InChI=1S/C6H13NO.C2H6/c1-3-7(2)6-4-8-5-6;1-2/h6H,3-5H2,1-2H3;1-2H3. The van der Waals surface area contributed by atoms with E-state index in [1.165, 1.54) is 0 Å². The lowest BCUT2D eigenvalue weighted by atomic mass is 10.2. The molecule has 0 aromatic carbocycles. The summed E-state index contributed by atoms with van der Waals surface area (Å²) in [7, 11) is 2.13. The summed E-state index contributed by atoms with van der Waals surface area (Å²) in [4.78, 5) is 2.31. The number of likely N-dealkylation sites (N-methyl/N-ethyl adjacent to an activating group) is 1. The Morgan fingerprint density at radius 2 is 1.90 bits per heavy atom. The highest BCUT2D eigenvalue weighted by atomic mass is 16.5. The molecule has 0 spiro atoms. The molecular weight excluding hydrogens is 126 g/mol. The van der Waals surface area contributed by atoms with Gasteiger partial charge in [-0.15, -0.1) is 0 Å². The summed E-state index contributed by atoms with van der Waals surface area (Å²) < 4.78 is 5.02. The predicted octanol–water partition coefficient (Wildman–Crippen LogP) is 1.36. The Kier molecular flexibility index (Phi) is 5.64. The van der Waals surface area contributed by atoms with Crippen molar-refractivity contribution in [3.05, 3.63) is 0 Å². The summed E-state index contributed by atoms with van der Waals surface area (Å²) in [5.41, 5.74) is 0. The first-order valence-electron chi connectivity index (χ1n) is 4.12. The van der Waals surface area contributed by atoms with E-state index in [2.05, 4.69) is 18.9 Å². The number of ether oxygens (including phenoxy) is 1. The van der Waals surface area contributed by atoms with E-state index in [1.54, 1.807) is 0 Å². The fraction of sp³-hybridized carbons (Fsp3) is 1.00. The van der Waals surface area contributed by atoms with Gasteiger partial charge >= 0.3 is 0 Å². The smallest absolute Gasteiger partial charge is 0.0645 e. The Balaban J connectivity index is 0.000000371. The zero-order valence-corrected chi connectivity index (χ0v) is 7.55. The van der Waals surface area contributed by atoms with Gasteiger partial charge in [0.25, 0.3) is 0 Å². The molecule has 1 aliphatic heterocycles. The first-order chi connectivity index (χ1) is 4.84. The van der Waals surface area contributed by atoms with Gasteiger partial charge in [0, 0.05) is 0 Å². The molecule has 2 heteroatoms. The first-order valence-corrected chi connectivity index (χ1v) is 4.12. The summed E-state index contributed by atoms with van der Waals surface area (Å²) in [5.74, 6) is 0. The third-order valence-electron chi connectivity index (χ3n) is 1.74. The number of nitrogens with zero attached hydrogens (tertiary/aromatic N) is 1. The largest absolute Gasteiger partial charge is 0.378 e. The molecule has 1 rings (SSSR count). The van der Waals surface area contributed by atoms with Crippen LogP contribution in [0.2, 0.25) is 0 Å². The first kappa shape index (κ1) is 9.92. The Labute approximate surface area is 64.2 Å². The second-order valence-corrected chi connectivity index (χ2v) is 2.26. The Hall–Kier alpha value is -0.0800. The SMILES string of the molecule is CC.CCN(C)C1COC1. The second kappa shape index (κ2) is 5.69. The van der Waals surface area contributed by atoms with E-state index in [0.717, 1.165) is 19.8 Å². The number of hydrogen-bond acceptors (Lipinski definition) is 2. The maximum Gasteiger partial charge on any atom is 0.0645 e. The maximum atomic E-state index is 5.02. The zero-order chi connectivity index (χ0) is 7.98. The minimum Gasteiger partial charge on any atom is -0.378 e. The van der Waals surface area contributed by atoms with Crippen molar-refractivity contribution in [2.24, 2.45) is 0 Å². The Morgan fingerprint density at radius 3 is 2.00 bits per heavy atom. The number of hydrogen-bond donors (Lipinski definition) is 0. The molecular formula is C8H19NO. The van der Waals surface area contributed by atoms with Crippen LogP contribution < -0.4 is 0 Å². The van der Waals surface area contributed by atoms with Crippen LogP contribution in [-0.2, 0) is 4.74 Å². The van der Waals surface area contributed by atoms with E-state index in [0.29, 0.717) is 6.04 Å². The molecule has 1 heterocycles. The average Bonchev–Trinajstić information content (AvgIpc) is 1.89. The molecule has 0 N–H and O–H groups in total. The third-order valence-corrected chi connectivity index (χ3v) is 1.74. The normalized spacial score (nSPS) is 17.7. The topological polar surface area (TPSA) is 12.5 Å². The van der Waals surface area contributed by atoms with Gasteiger partial charge in [0.2, 0.25) is 0 Å². The average molecular weight is 145 g/mol. The zero-order valence-electron chi connectivity index (χ0n) is 7.55. The summed E-state index contributed by atoms with van der Waals surface area (Å²) in [6.07, 6.45) is 0. The molecule has 0 radical (unpaired) electrons. The van der Waals surface area contributed by atoms with Gasteiger partial charge in [0.1, 0.15) is 0 Å². The summed E-state index contributed by atoms with van der Waals surface area (Å²) in [6, 6.07) is 0.708. The van der Waals surface area contributed by atoms with Crippen LogP contribution in [0.25, 0.3) is 0 Å². The highest BCUT2D eigenvalue weighted by Crippen LogP contribution is 2.06. The van der Waals surface area contributed by atoms with Crippen LogP contribution in [0.15, 0.2) is 0 Å². The van der Waals surface area contributed by atoms with E-state index in [-0.39, 0.29) is 0 Å². The van der Waals surface area contributed by atoms with Crippen molar-refractivity contribution >= 4 is 0 Å². The minimum atomic E-state index is 0.708. The summed E-state index contributed by atoms with van der Waals surface area (Å²) >= 11 is 0. The van der Waals surface area contributed by atoms with E-state index in [9.17, 15) is 0 Å². The predicted molar refractivity (Wildman–Crippen MR) is 44.3 cm³/mol. The van der Waals surface area contributed by atoms with E-state index >= 15 is 0 Å². The molecule has 10 heavy (non-hydrogen) atoms. The molecule has 0 aromatic heterocycles. The lowest BCUT2D eigenvalue weighted by Crippen LogP contribution is -2.46. The van der Waals surface area contributed by atoms with Crippen LogP contribution in [0.5, 0.6) is 0 Å². The molecule has 0 amide bonds. The van der Waals surface area contributed by atoms with Crippen molar-refractivity contribution in [3.63, 3.8) is 0 Å². The van der Waals surface area contributed by atoms with Gasteiger partial charge in [0.15, 0.2) is 0 Å². The van der Waals surface area contributed by atoms with Crippen LogP contribution in [-0.4, -0.2) is 37.7 Å². The van der Waals surface area contributed by atoms with Crippen molar-refractivity contribution in [1.82, 2.24) is 4.90 Å². The van der Waals surface area contributed by atoms with Crippen molar-refractivity contribution in [2.45, 2.75) is 26.8 Å². The molecule has 0 aliphatic carbocycles. The lowest BCUT2D eigenvalue weighted by molar-refractivity contribution is -0.0542. The molecule has 1 saturated heterocycles. The molecule has 1 fully saturated rings. The van der Waals surface area contributed by atoms with Crippen LogP contribution in [0, 0.1) is 0 Å². The minimum absolute atomic E-state index is 0.708. The van der Waals surface area contributed by atoms with Crippen LogP contribution >= 0.6 is 0 Å². The van der Waals surface area contributed by atoms with E-state index in [1.807, 2.05) is 13.8 Å². The Morgan fingerprint density at radius 1 is 1.40 bits per heavy atom. The molecule has 0 saturated carbocycles. The number of rotatable bonds is 2. The fourth-order valence-electron chi connectivity index (χ4n) is 0.736. The van der Waals surface area contributed by atoms with Crippen LogP contribution in [0.3, 0.4) is 0 Å². The Bertz CT molecular complexity index is 68.9. The molecule has 0 bridgehead atoms. The van der Waals surface area contributed by atoms with Gasteiger partial charge in [-0.1, -0.05) is 20.8 Å². The monoisotopic (exact) mass is 145 g/mol. The summed E-state index contributed by atoms with van der Waals surface area (Å²) in [5, 5.41) is 0. The van der Waals surface area contributed by atoms with Crippen LogP contribution in [0.4, 0.5) is 0 Å². The fourth-order valence-corrected chi connectivity index (χ4v) is 0.736. The molecule has 2 nitrogen and oxygen atoms in total. The highest BCUT2D eigenvalue weighted by molar-refractivity contribution is 4.73. The third kappa shape index (κ3) is 2.67. The van der Waals surface area contributed by atoms with Gasteiger partial charge in [-0.05, 0) is 13.6 Å². The van der Waals surface area contributed by atoms with Gasteiger partial charge < -0.3 is 4.74 Å². The van der Waals surface area contributed by atoms with E-state index in [4.69, 9.17) is 4.74 Å². The molecule has 0 unspecified atom stereocenters. The molecule has 0 aromatic rings. The molecule has 62 valence electrons. The molecule has 0 atom stereocenters. The van der Waals surface area contributed by atoms with E-state index < -0.39 is 0 Å². The van der Waals surface area contributed by atoms with Crippen molar-refractivity contribution < 1.29 is 4.74 Å². The van der Waals surface area contributed by atoms with Crippen molar-refractivity contribution in [2.75, 3.05) is 26.8 Å². The second-order valence-electron chi connectivity index (χ2n) is 2.26. The summed E-state index contributed by atoms with van der Waals surface area (Å²) in [6.45, 7) is 9.17. The van der Waals surface area contributed by atoms with Gasteiger partial charge in [0.05, 0.1) is 19.3 Å². The van der Waals surface area contributed by atoms with Crippen LogP contribution in [0.1, 0.15) is 20.8 Å². The van der Waals surface area contributed by atoms with Gasteiger partial charge in [-0.25, -0.2) is 0 Å². The van der Waals surface area contributed by atoms with Gasteiger partial charge in [-0.2, -0.15) is 0 Å².